The first-order valence-corrected chi connectivity index (χ1v) is 7.71. The number of carboxylic acid groups (broad SMARTS) is 1. The lowest BCUT2D eigenvalue weighted by molar-refractivity contribution is -0.384. The zero-order chi connectivity index (χ0) is 18.8. The minimum Gasteiger partial charge on any atom is -0.477 e. The predicted molar refractivity (Wildman–Crippen MR) is 96.0 cm³/mol. The van der Waals surface area contributed by atoms with Gasteiger partial charge in [0, 0.05) is 30.1 Å². The van der Waals surface area contributed by atoms with Crippen LogP contribution in [0, 0.1) is 10.1 Å². The highest BCUT2D eigenvalue weighted by Gasteiger charge is 2.23. The third kappa shape index (κ3) is 3.12. The predicted octanol–water partition coefficient (Wildman–Crippen LogP) is 3.09. The van der Waals surface area contributed by atoms with Gasteiger partial charge in [-0.05, 0) is 6.07 Å². The molecule has 0 saturated heterocycles. The van der Waals surface area contributed by atoms with E-state index in [1.807, 2.05) is 0 Å². The Hall–Kier alpha value is -3.68. The summed E-state index contributed by atoms with van der Waals surface area (Å²) in [5.74, 6) is -1.38. The van der Waals surface area contributed by atoms with E-state index in [0.29, 0.717) is 22.2 Å². The molecule has 0 aliphatic rings. The van der Waals surface area contributed by atoms with E-state index in [1.54, 1.807) is 37.4 Å². The monoisotopic (exact) mass is 353 g/mol. The first kappa shape index (κ1) is 17.2. The minimum atomic E-state index is -1.21. The molecule has 0 unspecified atom stereocenters. The van der Waals surface area contributed by atoms with Crippen molar-refractivity contribution in [2.45, 2.75) is 0 Å². The van der Waals surface area contributed by atoms with Crippen molar-refractivity contribution in [1.82, 2.24) is 4.98 Å². The number of non-ortho nitro benzene ring substituents is 1. The number of hydrogen-bond donors (Lipinski definition) is 2. The fourth-order valence-electron chi connectivity index (χ4n) is 2.85. The summed E-state index contributed by atoms with van der Waals surface area (Å²) in [5, 5.41) is 20.9. The summed E-state index contributed by atoms with van der Waals surface area (Å²) in [6.45, 7) is -0.0335. The Labute approximate surface area is 147 Å². The molecule has 1 heterocycles. The van der Waals surface area contributed by atoms with Crippen molar-refractivity contribution in [2.75, 3.05) is 18.5 Å². The highest BCUT2D eigenvalue weighted by atomic mass is 16.6. The van der Waals surface area contributed by atoms with Gasteiger partial charge in [-0.2, -0.15) is 0 Å². The molecule has 26 heavy (non-hydrogen) atoms. The molecule has 8 heteroatoms. The number of fused-ring (bicyclic) bond motifs is 1. The number of carbonyl (C=O) groups excluding carboxylic acids is 1. The molecule has 2 aromatic carbocycles. The number of nitro benzene ring substituents is 1. The lowest BCUT2D eigenvalue weighted by Gasteiger charge is -2.18. The topological polar surface area (TPSA) is 117 Å². The highest BCUT2D eigenvalue weighted by Crippen LogP contribution is 2.33. The van der Waals surface area contributed by atoms with Gasteiger partial charge in [0.2, 0.25) is 0 Å². The van der Waals surface area contributed by atoms with Crippen LogP contribution in [-0.4, -0.2) is 40.4 Å². The van der Waals surface area contributed by atoms with E-state index in [2.05, 4.69) is 4.98 Å². The Morgan fingerprint density at radius 3 is 2.50 bits per heavy atom. The van der Waals surface area contributed by atoms with Crippen molar-refractivity contribution in [1.29, 1.82) is 0 Å². The van der Waals surface area contributed by atoms with Crippen LogP contribution in [0.4, 0.5) is 11.4 Å². The van der Waals surface area contributed by atoms with Gasteiger partial charge in [-0.25, -0.2) is 4.79 Å². The number of carboxylic acids is 1. The maximum Gasteiger partial charge on any atom is 0.354 e. The average molecular weight is 353 g/mol. The minimum absolute atomic E-state index is 0.0335. The van der Waals surface area contributed by atoms with Crippen LogP contribution in [0.15, 0.2) is 48.5 Å². The normalized spacial score (nSPS) is 10.7. The van der Waals surface area contributed by atoms with Crippen molar-refractivity contribution in [2.24, 2.45) is 0 Å². The Morgan fingerprint density at radius 2 is 1.88 bits per heavy atom. The van der Waals surface area contributed by atoms with Crippen molar-refractivity contribution in [3.8, 4) is 0 Å². The third-order valence-electron chi connectivity index (χ3n) is 4.04. The summed E-state index contributed by atoms with van der Waals surface area (Å²) < 4.78 is 0. The Balaban J connectivity index is 2.02. The van der Waals surface area contributed by atoms with Crippen molar-refractivity contribution in [3.05, 3.63) is 69.9 Å². The van der Waals surface area contributed by atoms with E-state index < -0.39 is 10.9 Å². The van der Waals surface area contributed by atoms with Crippen LogP contribution in [0.5, 0.6) is 0 Å². The second-order valence-electron chi connectivity index (χ2n) is 5.79. The smallest absolute Gasteiger partial charge is 0.354 e. The average Bonchev–Trinajstić information content (AvgIpc) is 3.01. The summed E-state index contributed by atoms with van der Waals surface area (Å²) in [6.07, 6.45) is 0. The van der Waals surface area contributed by atoms with Crippen molar-refractivity contribution in [3.63, 3.8) is 0 Å². The first-order valence-electron chi connectivity index (χ1n) is 7.71. The first-order chi connectivity index (χ1) is 12.4. The number of ketones is 1. The van der Waals surface area contributed by atoms with Crippen LogP contribution < -0.4 is 4.90 Å². The molecule has 0 aliphatic carbocycles. The molecular formula is C18H15N3O5. The molecule has 0 fully saturated rings. The summed E-state index contributed by atoms with van der Waals surface area (Å²) in [5.41, 5.74) is 0.887. The fraction of sp³-hybridized carbons (Fsp3) is 0.111. The van der Waals surface area contributed by atoms with Gasteiger partial charge >= 0.3 is 5.97 Å². The molecule has 3 rings (SSSR count). The number of H-pyrrole nitrogens is 1. The number of nitrogens with one attached hydrogen (secondary N) is 1. The summed E-state index contributed by atoms with van der Waals surface area (Å²) in [4.78, 5) is 38.6. The Bertz CT molecular complexity index is 1010. The van der Waals surface area contributed by atoms with E-state index in [-0.39, 0.29) is 23.7 Å². The zero-order valence-corrected chi connectivity index (χ0v) is 13.8. The zero-order valence-electron chi connectivity index (χ0n) is 13.8. The Kier molecular flexibility index (Phi) is 4.40. The van der Waals surface area contributed by atoms with Crippen LogP contribution in [0.25, 0.3) is 10.9 Å². The maximum absolute atomic E-state index is 12.4. The molecule has 0 amide bonds. The number of nitrogens with zero attached hydrogens (tertiary/aromatic N) is 2. The van der Waals surface area contributed by atoms with Crippen LogP contribution >= 0.6 is 0 Å². The van der Waals surface area contributed by atoms with Crippen molar-refractivity contribution >= 4 is 34.0 Å². The number of Topliss-reactive ketones (excluding diaryl/α,β-unsaturated/α-hetero) is 1. The number of carbonyl (C=O) groups is 2. The van der Waals surface area contributed by atoms with Gasteiger partial charge in [-0.1, -0.05) is 30.3 Å². The standard InChI is InChI=1S/C18H15N3O5/c1-20(10-15(22)11-5-3-2-4-6-11)17-13-8-7-12(21(25)26)9-14(13)19-16(17)18(23)24/h2-9,19H,10H2,1H3,(H,23,24). The van der Waals surface area contributed by atoms with E-state index >= 15 is 0 Å². The maximum atomic E-state index is 12.4. The molecule has 132 valence electrons. The molecule has 0 spiro atoms. The van der Waals surface area contributed by atoms with Crippen LogP contribution in [0.2, 0.25) is 0 Å². The molecule has 0 atom stereocenters. The molecule has 0 bridgehead atoms. The number of aromatic carboxylic acids is 1. The number of nitro groups is 1. The summed E-state index contributed by atoms with van der Waals surface area (Å²) >= 11 is 0. The highest BCUT2D eigenvalue weighted by molar-refractivity contribution is 6.08. The van der Waals surface area contributed by atoms with E-state index in [4.69, 9.17) is 0 Å². The van der Waals surface area contributed by atoms with Gasteiger partial charge in [0.1, 0.15) is 5.69 Å². The fourth-order valence-corrected chi connectivity index (χ4v) is 2.85. The second-order valence-corrected chi connectivity index (χ2v) is 5.79. The molecule has 2 N–H and O–H groups in total. The molecule has 3 aromatic rings. The quantitative estimate of drug-likeness (QED) is 0.399. The second kappa shape index (κ2) is 6.67. The number of benzene rings is 2. The van der Waals surface area contributed by atoms with Gasteiger partial charge < -0.3 is 15.0 Å². The Morgan fingerprint density at radius 1 is 1.19 bits per heavy atom. The molecule has 1 aromatic heterocycles. The van der Waals surface area contributed by atoms with Gasteiger partial charge in [0.25, 0.3) is 5.69 Å². The van der Waals surface area contributed by atoms with Crippen LogP contribution in [-0.2, 0) is 0 Å². The molecular weight excluding hydrogens is 338 g/mol. The number of aromatic amines is 1. The van der Waals surface area contributed by atoms with Gasteiger partial charge in [0.05, 0.1) is 22.7 Å². The van der Waals surface area contributed by atoms with Crippen molar-refractivity contribution < 1.29 is 19.6 Å². The molecule has 0 aliphatic heterocycles. The van der Waals surface area contributed by atoms with E-state index in [9.17, 15) is 24.8 Å². The number of rotatable bonds is 6. The van der Waals surface area contributed by atoms with Gasteiger partial charge in [0.15, 0.2) is 5.78 Å². The van der Waals surface area contributed by atoms with Gasteiger partial charge in [-0.3, -0.25) is 14.9 Å². The SMILES string of the molecule is CN(CC(=O)c1ccccc1)c1c(C(=O)O)[nH]c2cc([N+](=O)[O-])ccc12. The largest absolute Gasteiger partial charge is 0.477 e. The number of anilines is 1. The lowest BCUT2D eigenvalue weighted by Crippen LogP contribution is -2.26. The summed E-state index contributed by atoms with van der Waals surface area (Å²) in [7, 11) is 1.61. The number of likely N-dealkylation sites (N-methyl/N-ethyl adjacent to an activating group) is 1. The molecule has 0 radical (unpaired) electrons. The van der Waals surface area contributed by atoms with E-state index in [0.717, 1.165) is 0 Å². The molecule has 8 nitrogen and oxygen atoms in total. The van der Waals surface area contributed by atoms with Crippen LogP contribution in [0.3, 0.4) is 0 Å². The number of aromatic nitrogens is 1. The lowest BCUT2D eigenvalue weighted by atomic mass is 10.1. The third-order valence-corrected chi connectivity index (χ3v) is 4.04. The molecule has 0 saturated carbocycles. The van der Waals surface area contributed by atoms with E-state index in [1.165, 1.54) is 23.1 Å². The van der Waals surface area contributed by atoms with Gasteiger partial charge in [-0.15, -0.1) is 0 Å². The van der Waals surface area contributed by atoms with Crippen LogP contribution in [0.1, 0.15) is 20.8 Å². The number of hydrogen-bond acceptors (Lipinski definition) is 5. The summed E-state index contributed by atoms with van der Waals surface area (Å²) in [6, 6.07) is 12.7.